The van der Waals surface area contributed by atoms with Crippen molar-refractivity contribution >= 4 is 11.8 Å². The monoisotopic (exact) mass is 294 g/mol. The first-order valence-electron chi connectivity index (χ1n) is 6.49. The highest BCUT2D eigenvalue weighted by molar-refractivity contribution is 7.99. The molecule has 106 valence electrons. The van der Waals surface area contributed by atoms with Crippen LogP contribution in [0.1, 0.15) is 19.0 Å². The zero-order valence-corrected chi connectivity index (χ0v) is 12.0. The van der Waals surface area contributed by atoms with Crippen molar-refractivity contribution < 1.29 is 8.78 Å². The number of hydrogen-bond donors (Lipinski definition) is 0. The standard InChI is InChI=1S/C15H16F2N2S/c1-2-12-11-15(20-10-6-9-14(16)17)19(18-12)13-7-4-3-5-8-13/h3-5,7-9,11H,2,6,10H2,1H3. The number of para-hydroxylation sites is 1. The van der Waals surface area contributed by atoms with Crippen molar-refractivity contribution in [3.63, 3.8) is 0 Å². The fourth-order valence-corrected chi connectivity index (χ4v) is 2.70. The van der Waals surface area contributed by atoms with Crippen molar-refractivity contribution in [2.45, 2.75) is 24.8 Å². The van der Waals surface area contributed by atoms with Gasteiger partial charge in [-0.15, -0.1) is 11.8 Å². The highest BCUT2D eigenvalue weighted by atomic mass is 32.2. The quantitative estimate of drug-likeness (QED) is 0.568. The Bertz CT molecular complexity index is 575. The van der Waals surface area contributed by atoms with Crippen LogP contribution in [0.25, 0.3) is 5.69 Å². The van der Waals surface area contributed by atoms with Gasteiger partial charge in [0.25, 0.3) is 6.08 Å². The predicted octanol–water partition coefficient (Wildman–Crippen LogP) is 4.70. The Kier molecular flexibility index (Phi) is 5.35. The molecule has 0 atom stereocenters. The van der Waals surface area contributed by atoms with Gasteiger partial charge in [-0.25, -0.2) is 4.68 Å². The summed E-state index contributed by atoms with van der Waals surface area (Å²) in [6.45, 7) is 2.05. The van der Waals surface area contributed by atoms with Crippen LogP contribution in [-0.4, -0.2) is 15.5 Å². The normalized spacial score (nSPS) is 10.6. The summed E-state index contributed by atoms with van der Waals surface area (Å²) in [7, 11) is 0. The molecule has 0 saturated carbocycles. The molecular formula is C15H16F2N2S. The molecule has 1 heterocycles. The smallest absolute Gasteiger partial charge is 0.227 e. The minimum Gasteiger partial charge on any atom is -0.227 e. The summed E-state index contributed by atoms with van der Waals surface area (Å²) in [5, 5.41) is 5.53. The molecule has 0 radical (unpaired) electrons. The third-order valence-corrected chi connectivity index (χ3v) is 3.78. The van der Waals surface area contributed by atoms with Crippen molar-refractivity contribution in [3.05, 3.63) is 54.2 Å². The second-order valence-corrected chi connectivity index (χ2v) is 5.32. The zero-order valence-electron chi connectivity index (χ0n) is 11.2. The van der Waals surface area contributed by atoms with Gasteiger partial charge in [-0.3, -0.25) is 0 Å². The number of thioether (sulfide) groups is 1. The van der Waals surface area contributed by atoms with Crippen LogP contribution in [-0.2, 0) is 6.42 Å². The molecule has 0 aliphatic heterocycles. The molecule has 2 aromatic rings. The van der Waals surface area contributed by atoms with Gasteiger partial charge in [0.1, 0.15) is 5.03 Å². The Morgan fingerprint density at radius 1 is 1.30 bits per heavy atom. The minimum absolute atomic E-state index is 0.356. The van der Waals surface area contributed by atoms with Gasteiger partial charge >= 0.3 is 0 Å². The van der Waals surface area contributed by atoms with E-state index in [2.05, 4.69) is 5.10 Å². The van der Waals surface area contributed by atoms with Crippen molar-refractivity contribution in [3.8, 4) is 5.69 Å². The molecule has 5 heteroatoms. The summed E-state index contributed by atoms with van der Waals surface area (Å²) < 4.78 is 25.9. The van der Waals surface area contributed by atoms with E-state index in [9.17, 15) is 8.78 Å². The van der Waals surface area contributed by atoms with Crippen molar-refractivity contribution in [2.24, 2.45) is 0 Å². The second-order valence-electron chi connectivity index (χ2n) is 4.21. The summed E-state index contributed by atoms with van der Waals surface area (Å²) in [4.78, 5) is 0. The van der Waals surface area contributed by atoms with E-state index in [0.717, 1.165) is 28.9 Å². The van der Waals surface area contributed by atoms with Gasteiger partial charge in [0, 0.05) is 5.75 Å². The van der Waals surface area contributed by atoms with E-state index in [4.69, 9.17) is 0 Å². The number of allylic oxidation sites excluding steroid dienone is 1. The Morgan fingerprint density at radius 2 is 2.05 bits per heavy atom. The second kappa shape index (κ2) is 7.24. The van der Waals surface area contributed by atoms with Crippen LogP contribution < -0.4 is 0 Å². The highest BCUT2D eigenvalue weighted by Crippen LogP contribution is 2.24. The number of benzene rings is 1. The molecule has 1 aromatic carbocycles. The summed E-state index contributed by atoms with van der Waals surface area (Å²) in [5.41, 5.74) is 1.99. The molecule has 0 fully saturated rings. The van der Waals surface area contributed by atoms with E-state index in [0.29, 0.717) is 12.2 Å². The topological polar surface area (TPSA) is 17.8 Å². The molecular weight excluding hydrogens is 278 g/mol. The predicted molar refractivity (Wildman–Crippen MR) is 78.6 cm³/mol. The lowest BCUT2D eigenvalue weighted by molar-refractivity contribution is 0.418. The van der Waals surface area contributed by atoms with Crippen LogP contribution in [0.2, 0.25) is 0 Å². The number of halogens is 2. The zero-order chi connectivity index (χ0) is 14.4. The molecule has 0 spiro atoms. The fraction of sp³-hybridized carbons (Fsp3) is 0.267. The van der Waals surface area contributed by atoms with E-state index in [1.165, 1.54) is 0 Å². The summed E-state index contributed by atoms with van der Waals surface area (Å²) >= 11 is 1.54. The summed E-state index contributed by atoms with van der Waals surface area (Å²) in [6, 6.07) is 11.9. The van der Waals surface area contributed by atoms with E-state index >= 15 is 0 Å². The van der Waals surface area contributed by atoms with Gasteiger partial charge < -0.3 is 0 Å². The molecule has 0 bridgehead atoms. The van der Waals surface area contributed by atoms with Gasteiger partial charge in [0.05, 0.1) is 11.4 Å². The van der Waals surface area contributed by atoms with Gasteiger partial charge in [-0.2, -0.15) is 13.9 Å². The van der Waals surface area contributed by atoms with Crippen LogP contribution in [0.3, 0.4) is 0 Å². The highest BCUT2D eigenvalue weighted by Gasteiger charge is 2.08. The van der Waals surface area contributed by atoms with Crippen LogP contribution in [0.5, 0.6) is 0 Å². The first kappa shape index (κ1) is 14.8. The van der Waals surface area contributed by atoms with E-state index in [1.807, 2.05) is 48.0 Å². The summed E-state index contributed by atoms with van der Waals surface area (Å²) in [6.07, 6.45) is 0.550. The maximum Gasteiger partial charge on any atom is 0.266 e. The Hall–Kier alpha value is -1.62. The SMILES string of the molecule is CCc1cc(SCCC=C(F)F)n(-c2ccccc2)n1. The molecule has 2 rings (SSSR count). The van der Waals surface area contributed by atoms with Crippen LogP contribution >= 0.6 is 11.8 Å². The minimum atomic E-state index is -1.61. The largest absolute Gasteiger partial charge is 0.266 e. The molecule has 0 amide bonds. The molecule has 1 aromatic heterocycles. The van der Waals surface area contributed by atoms with E-state index in [1.54, 1.807) is 11.8 Å². The lowest BCUT2D eigenvalue weighted by atomic mass is 10.3. The molecule has 0 aliphatic rings. The Morgan fingerprint density at radius 3 is 2.70 bits per heavy atom. The third kappa shape index (κ3) is 3.93. The van der Waals surface area contributed by atoms with Gasteiger partial charge in [-0.05, 0) is 37.1 Å². The lowest BCUT2D eigenvalue weighted by Crippen LogP contribution is -1.98. The molecule has 0 unspecified atom stereocenters. The Balaban J connectivity index is 2.15. The van der Waals surface area contributed by atoms with Gasteiger partial charge in [0.2, 0.25) is 0 Å². The maximum absolute atomic E-state index is 12.0. The van der Waals surface area contributed by atoms with Gasteiger partial charge in [-0.1, -0.05) is 25.1 Å². The number of rotatable bonds is 6. The van der Waals surface area contributed by atoms with E-state index in [-0.39, 0.29) is 0 Å². The number of nitrogens with zero attached hydrogens (tertiary/aromatic N) is 2. The average Bonchev–Trinajstić information content (AvgIpc) is 2.88. The first-order chi connectivity index (χ1) is 9.70. The van der Waals surface area contributed by atoms with Gasteiger partial charge in [0.15, 0.2) is 0 Å². The number of hydrogen-bond acceptors (Lipinski definition) is 2. The molecule has 20 heavy (non-hydrogen) atoms. The van der Waals surface area contributed by atoms with Crippen molar-refractivity contribution in [1.82, 2.24) is 9.78 Å². The molecule has 2 nitrogen and oxygen atoms in total. The van der Waals surface area contributed by atoms with Crippen LogP contribution in [0, 0.1) is 0 Å². The van der Waals surface area contributed by atoms with Crippen LogP contribution in [0.4, 0.5) is 8.78 Å². The lowest BCUT2D eigenvalue weighted by Gasteiger charge is -2.06. The molecule has 0 aliphatic carbocycles. The number of aryl methyl sites for hydroxylation is 1. The maximum atomic E-state index is 12.0. The average molecular weight is 294 g/mol. The summed E-state index contributed by atoms with van der Waals surface area (Å²) in [5.74, 6) is 0.610. The third-order valence-electron chi connectivity index (χ3n) is 2.76. The Labute approximate surface area is 121 Å². The fourth-order valence-electron chi connectivity index (χ4n) is 1.77. The number of aromatic nitrogens is 2. The van der Waals surface area contributed by atoms with Crippen molar-refractivity contribution in [2.75, 3.05) is 5.75 Å². The first-order valence-corrected chi connectivity index (χ1v) is 7.47. The van der Waals surface area contributed by atoms with Crippen molar-refractivity contribution in [1.29, 1.82) is 0 Å². The van der Waals surface area contributed by atoms with Crippen LogP contribution in [0.15, 0.2) is 53.6 Å². The molecule has 0 saturated heterocycles. The van der Waals surface area contributed by atoms with E-state index < -0.39 is 6.08 Å². The molecule has 0 N–H and O–H groups in total.